The van der Waals surface area contributed by atoms with Crippen LogP contribution in [0.3, 0.4) is 0 Å². The van der Waals surface area contributed by atoms with Crippen molar-refractivity contribution in [2.75, 3.05) is 33.2 Å². The lowest BCUT2D eigenvalue weighted by atomic mass is 9.96. The second-order valence-corrected chi connectivity index (χ2v) is 8.64. The van der Waals surface area contributed by atoms with Gasteiger partial charge < -0.3 is 9.80 Å². The molecule has 136 valence electrons. The predicted molar refractivity (Wildman–Crippen MR) is 110 cm³/mol. The highest BCUT2D eigenvalue weighted by Crippen LogP contribution is 2.26. The van der Waals surface area contributed by atoms with Gasteiger partial charge in [-0.1, -0.05) is 35.3 Å². The van der Waals surface area contributed by atoms with E-state index in [1.165, 1.54) is 38.0 Å². The lowest BCUT2D eigenvalue weighted by molar-refractivity contribution is 0.153. The van der Waals surface area contributed by atoms with E-state index < -0.39 is 0 Å². The Balaban J connectivity index is 1.39. The largest absolute Gasteiger partial charge is 0.303 e. The fourth-order valence-corrected chi connectivity index (χ4v) is 4.69. The number of benzene rings is 1. The Morgan fingerprint density at radius 1 is 1.20 bits per heavy atom. The van der Waals surface area contributed by atoms with Gasteiger partial charge in [0.25, 0.3) is 0 Å². The number of piperidine rings is 1. The van der Waals surface area contributed by atoms with Crippen molar-refractivity contribution in [3.05, 3.63) is 56.2 Å². The fraction of sp³-hybridized carbons (Fsp3) is 0.500. The first-order valence-corrected chi connectivity index (χ1v) is 10.7. The Morgan fingerprint density at radius 3 is 2.72 bits per heavy atom. The molecule has 1 aromatic heterocycles. The molecule has 5 heteroatoms. The summed E-state index contributed by atoms with van der Waals surface area (Å²) < 4.78 is 0. The molecule has 1 aliphatic heterocycles. The molecule has 0 bridgehead atoms. The quantitative estimate of drug-likeness (QED) is 0.614. The van der Waals surface area contributed by atoms with Crippen LogP contribution in [0.1, 0.15) is 24.0 Å². The molecule has 0 spiro atoms. The Hall–Kier alpha value is -0.580. The predicted octanol–water partition coefficient (Wildman–Crippen LogP) is 5.44. The third-order valence-electron chi connectivity index (χ3n) is 5.04. The van der Waals surface area contributed by atoms with Gasteiger partial charge in [-0.05, 0) is 79.3 Å². The van der Waals surface area contributed by atoms with E-state index in [2.05, 4.69) is 39.7 Å². The summed E-state index contributed by atoms with van der Waals surface area (Å²) in [6, 6.07) is 8.15. The minimum atomic E-state index is 0.659. The molecule has 2 nitrogen and oxygen atoms in total. The molecule has 0 N–H and O–H groups in total. The van der Waals surface area contributed by atoms with Gasteiger partial charge in [-0.2, -0.15) is 11.3 Å². The van der Waals surface area contributed by atoms with Crippen molar-refractivity contribution in [1.82, 2.24) is 9.80 Å². The molecule has 1 fully saturated rings. The Bertz CT molecular complexity index is 652. The molecule has 1 saturated heterocycles. The average molecular weight is 397 g/mol. The normalized spacial score (nSPS) is 16.6. The van der Waals surface area contributed by atoms with E-state index in [0.29, 0.717) is 10.0 Å². The third-order valence-corrected chi connectivity index (χ3v) is 6.63. The van der Waals surface area contributed by atoms with Gasteiger partial charge in [0.1, 0.15) is 0 Å². The monoisotopic (exact) mass is 396 g/mol. The smallest absolute Gasteiger partial charge is 0.0624 e. The molecule has 2 heterocycles. The Labute approximate surface area is 165 Å². The zero-order chi connectivity index (χ0) is 17.6. The van der Waals surface area contributed by atoms with Crippen LogP contribution in [-0.2, 0) is 13.0 Å². The maximum absolute atomic E-state index is 6.29. The Morgan fingerprint density at radius 2 is 2.00 bits per heavy atom. The summed E-state index contributed by atoms with van der Waals surface area (Å²) >= 11 is 14.2. The molecule has 3 rings (SSSR count). The first kappa shape index (κ1) is 19.2. The van der Waals surface area contributed by atoms with Gasteiger partial charge in [-0.15, -0.1) is 0 Å². The molecule has 1 aromatic carbocycles. The molecule has 0 amide bonds. The maximum Gasteiger partial charge on any atom is 0.0624 e. The lowest BCUT2D eigenvalue weighted by Crippen LogP contribution is -2.38. The summed E-state index contributed by atoms with van der Waals surface area (Å²) in [5, 5.41) is 5.79. The molecule has 0 unspecified atom stereocenters. The van der Waals surface area contributed by atoms with Crippen molar-refractivity contribution in [2.24, 2.45) is 5.92 Å². The summed E-state index contributed by atoms with van der Waals surface area (Å²) in [6.07, 6.45) is 3.55. The van der Waals surface area contributed by atoms with Crippen LogP contribution < -0.4 is 0 Å². The molecule has 1 aliphatic rings. The number of nitrogens with zero attached hydrogens (tertiary/aromatic N) is 2. The van der Waals surface area contributed by atoms with Crippen LogP contribution in [0.25, 0.3) is 0 Å². The first-order chi connectivity index (χ1) is 12.1. The van der Waals surface area contributed by atoms with Gasteiger partial charge >= 0.3 is 0 Å². The number of halogens is 2. The van der Waals surface area contributed by atoms with Crippen LogP contribution in [0.15, 0.2) is 35.0 Å². The van der Waals surface area contributed by atoms with Gasteiger partial charge in [0.15, 0.2) is 0 Å². The van der Waals surface area contributed by atoms with Gasteiger partial charge in [-0.3, -0.25) is 0 Å². The summed E-state index contributed by atoms with van der Waals surface area (Å²) in [5.74, 6) is 0.814. The number of hydrogen-bond donors (Lipinski definition) is 0. The highest BCUT2D eigenvalue weighted by Gasteiger charge is 2.20. The highest BCUT2D eigenvalue weighted by atomic mass is 35.5. The van der Waals surface area contributed by atoms with Crippen molar-refractivity contribution in [3.8, 4) is 0 Å². The molecule has 25 heavy (non-hydrogen) atoms. The number of hydrogen-bond acceptors (Lipinski definition) is 3. The van der Waals surface area contributed by atoms with Crippen molar-refractivity contribution in [3.63, 3.8) is 0 Å². The van der Waals surface area contributed by atoms with Gasteiger partial charge in [-0.25, -0.2) is 0 Å². The van der Waals surface area contributed by atoms with Crippen molar-refractivity contribution in [2.45, 2.75) is 25.8 Å². The third kappa shape index (κ3) is 5.70. The molecular formula is C20H26Cl2N2S. The molecule has 0 atom stereocenters. The SMILES string of the molecule is CN(Cc1ccsc1)CC1CCN(CCc2cccc(Cl)c2Cl)CC1. The zero-order valence-electron chi connectivity index (χ0n) is 14.8. The van der Waals surface area contributed by atoms with Crippen molar-refractivity contribution >= 4 is 34.5 Å². The standard InChI is InChI=1S/C20H26Cl2N2S/c1-23(14-17-8-12-25-15-17)13-16-5-9-24(10-6-16)11-7-18-3-2-4-19(21)20(18)22/h2-4,8,12,15-16H,5-7,9-11,13-14H2,1H3. The summed E-state index contributed by atoms with van der Waals surface area (Å²) in [5.41, 5.74) is 2.59. The number of thiophene rings is 1. The fourth-order valence-electron chi connectivity index (χ4n) is 3.61. The molecule has 0 radical (unpaired) electrons. The summed E-state index contributed by atoms with van der Waals surface area (Å²) in [7, 11) is 2.24. The minimum Gasteiger partial charge on any atom is -0.303 e. The molecule has 2 aromatic rings. The van der Waals surface area contributed by atoms with Crippen LogP contribution in [0.4, 0.5) is 0 Å². The number of rotatable bonds is 7. The second kappa shape index (κ2) is 9.38. The Kier molecular flexibility index (Phi) is 7.20. The number of likely N-dealkylation sites (tertiary alicyclic amines) is 1. The van der Waals surface area contributed by atoms with Crippen LogP contribution in [0, 0.1) is 5.92 Å². The summed E-state index contributed by atoms with van der Waals surface area (Å²) in [6.45, 7) is 5.71. The van der Waals surface area contributed by atoms with E-state index in [4.69, 9.17) is 23.2 Å². The van der Waals surface area contributed by atoms with Crippen LogP contribution in [0.2, 0.25) is 10.0 Å². The molecule has 0 aliphatic carbocycles. The minimum absolute atomic E-state index is 0.659. The van der Waals surface area contributed by atoms with Crippen molar-refractivity contribution in [1.29, 1.82) is 0 Å². The molecule has 0 saturated carbocycles. The lowest BCUT2D eigenvalue weighted by Gasteiger charge is -2.34. The van der Waals surface area contributed by atoms with E-state index in [-0.39, 0.29) is 0 Å². The topological polar surface area (TPSA) is 6.48 Å². The van der Waals surface area contributed by atoms with E-state index in [9.17, 15) is 0 Å². The van der Waals surface area contributed by atoms with E-state index in [1.807, 2.05) is 12.1 Å². The van der Waals surface area contributed by atoms with Gasteiger partial charge in [0.05, 0.1) is 10.0 Å². The highest BCUT2D eigenvalue weighted by molar-refractivity contribution is 7.07. The van der Waals surface area contributed by atoms with Crippen LogP contribution in [-0.4, -0.2) is 43.0 Å². The van der Waals surface area contributed by atoms with E-state index in [1.54, 1.807) is 11.3 Å². The van der Waals surface area contributed by atoms with Gasteiger partial charge in [0.2, 0.25) is 0 Å². The van der Waals surface area contributed by atoms with Crippen LogP contribution in [0.5, 0.6) is 0 Å². The second-order valence-electron chi connectivity index (χ2n) is 7.08. The average Bonchev–Trinajstić information content (AvgIpc) is 3.10. The maximum atomic E-state index is 6.29. The summed E-state index contributed by atoms with van der Waals surface area (Å²) in [4.78, 5) is 5.03. The van der Waals surface area contributed by atoms with Gasteiger partial charge in [0, 0.05) is 19.6 Å². The van der Waals surface area contributed by atoms with Crippen molar-refractivity contribution < 1.29 is 0 Å². The van der Waals surface area contributed by atoms with Crippen LogP contribution >= 0.6 is 34.5 Å². The molecular weight excluding hydrogens is 371 g/mol. The van der Waals surface area contributed by atoms with E-state index in [0.717, 1.165) is 31.0 Å². The first-order valence-electron chi connectivity index (χ1n) is 8.96. The zero-order valence-corrected chi connectivity index (χ0v) is 17.1. The van der Waals surface area contributed by atoms with E-state index >= 15 is 0 Å².